The minimum Gasteiger partial charge on any atom is -0.456 e. The van der Waals surface area contributed by atoms with Gasteiger partial charge in [-0.15, -0.1) is 6.58 Å². The smallest absolute Gasteiger partial charge is 0.259 e. The van der Waals surface area contributed by atoms with Crippen LogP contribution < -0.4 is 15.4 Å². The van der Waals surface area contributed by atoms with Gasteiger partial charge in [-0.1, -0.05) is 24.3 Å². The highest BCUT2D eigenvalue weighted by Crippen LogP contribution is 2.45. The molecule has 2 saturated carbocycles. The topological polar surface area (TPSA) is 138 Å². The molecule has 6 rings (SSSR count). The predicted octanol–water partition coefficient (Wildman–Crippen LogP) is 4.40. The Morgan fingerprint density at radius 2 is 1.77 bits per heavy atom. The van der Waals surface area contributed by atoms with Crippen molar-refractivity contribution in [3.05, 3.63) is 96.3 Å². The van der Waals surface area contributed by atoms with Crippen molar-refractivity contribution in [1.82, 2.24) is 15.4 Å². The van der Waals surface area contributed by atoms with Gasteiger partial charge in [0.1, 0.15) is 28.9 Å². The summed E-state index contributed by atoms with van der Waals surface area (Å²) in [6.07, 6.45) is 1.73. The van der Waals surface area contributed by atoms with E-state index < -0.39 is 50.6 Å². The summed E-state index contributed by atoms with van der Waals surface area (Å²) in [4.78, 5) is 26.4. The van der Waals surface area contributed by atoms with Crippen molar-refractivity contribution in [2.75, 3.05) is 7.05 Å². The number of carbonyl (C=O) groups is 2. The van der Waals surface area contributed by atoms with Crippen molar-refractivity contribution in [2.24, 2.45) is 5.92 Å². The lowest BCUT2D eigenvalue weighted by Crippen LogP contribution is -2.52. The summed E-state index contributed by atoms with van der Waals surface area (Å²) in [5, 5.41) is 16.5. The molecule has 3 atom stereocenters. The van der Waals surface area contributed by atoms with E-state index >= 15 is 0 Å². The molecule has 1 aromatic heterocycles. The number of hydrogen-bond donors (Lipinski definition) is 4. The number of halogens is 1. The molecular formula is C32H30FN3O6S. The number of amides is 2. The second-order valence-corrected chi connectivity index (χ2v) is 12.9. The standard InChI is InChI=1S/C32H30FN3O6S/c1-3-22-17-32(22,31(39)36-43(40,41)24-12-13-24)35-29(37)21-6-4-5-19(15-21)20-9-14-26-25(16-20)27(30(38)34-2)28(42-26)18-7-10-23(33)11-8-18/h3-11,14-16,22,24,30,34,38H,1,12-13,17H2,2H3,(H,35,37)(H,36,39). The minimum absolute atomic E-state index is 0.248. The molecule has 4 N–H and O–H groups in total. The second-order valence-electron chi connectivity index (χ2n) is 11.0. The molecule has 222 valence electrons. The third kappa shape index (κ3) is 5.35. The molecule has 11 heteroatoms. The Kier molecular flexibility index (Phi) is 7.19. The van der Waals surface area contributed by atoms with Gasteiger partial charge in [0.15, 0.2) is 0 Å². The molecule has 0 spiro atoms. The highest BCUT2D eigenvalue weighted by Gasteiger charge is 2.61. The highest BCUT2D eigenvalue weighted by atomic mass is 32.2. The van der Waals surface area contributed by atoms with Gasteiger partial charge in [-0.05, 0) is 86.0 Å². The number of fused-ring (bicyclic) bond motifs is 1. The zero-order chi connectivity index (χ0) is 30.5. The van der Waals surface area contributed by atoms with E-state index in [0.717, 1.165) is 5.56 Å². The van der Waals surface area contributed by atoms with Gasteiger partial charge < -0.3 is 14.8 Å². The first-order valence-electron chi connectivity index (χ1n) is 13.9. The van der Waals surface area contributed by atoms with Gasteiger partial charge in [0.25, 0.3) is 11.8 Å². The summed E-state index contributed by atoms with van der Waals surface area (Å²) < 4.78 is 46.6. The van der Waals surface area contributed by atoms with Gasteiger partial charge >= 0.3 is 0 Å². The Hall–Kier alpha value is -4.32. The lowest BCUT2D eigenvalue weighted by Gasteiger charge is -2.19. The van der Waals surface area contributed by atoms with E-state index in [1.807, 2.05) is 18.2 Å². The van der Waals surface area contributed by atoms with Gasteiger partial charge in [-0.2, -0.15) is 0 Å². The molecule has 1 heterocycles. The Morgan fingerprint density at radius 3 is 2.42 bits per heavy atom. The van der Waals surface area contributed by atoms with Crippen molar-refractivity contribution >= 4 is 32.8 Å². The van der Waals surface area contributed by atoms with E-state index in [1.165, 1.54) is 18.2 Å². The maximum Gasteiger partial charge on any atom is 0.259 e. The first kappa shape index (κ1) is 28.8. The molecule has 2 fully saturated rings. The third-order valence-electron chi connectivity index (χ3n) is 8.08. The lowest BCUT2D eigenvalue weighted by atomic mass is 9.98. The molecule has 2 aliphatic carbocycles. The monoisotopic (exact) mass is 603 g/mol. The maximum atomic E-state index is 13.6. The molecule has 3 unspecified atom stereocenters. The number of aliphatic hydroxyl groups excluding tert-OH is 1. The molecule has 0 aliphatic heterocycles. The van der Waals surface area contributed by atoms with Gasteiger partial charge in [-0.3, -0.25) is 19.6 Å². The average Bonchev–Trinajstić information content (AvgIpc) is 3.93. The number of rotatable bonds is 10. The summed E-state index contributed by atoms with van der Waals surface area (Å²) in [6, 6.07) is 18.0. The average molecular weight is 604 g/mol. The van der Waals surface area contributed by atoms with Gasteiger partial charge in [0.05, 0.1) is 5.25 Å². The molecule has 0 radical (unpaired) electrons. The molecule has 2 aliphatic rings. The Morgan fingerprint density at radius 1 is 1.07 bits per heavy atom. The van der Waals surface area contributed by atoms with E-state index in [4.69, 9.17) is 4.42 Å². The molecule has 0 saturated heterocycles. The first-order chi connectivity index (χ1) is 20.6. The Bertz CT molecular complexity index is 1870. The van der Waals surface area contributed by atoms with Crippen molar-refractivity contribution < 1.29 is 31.9 Å². The third-order valence-corrected chi connectivity index (χ3v) is 9.90. The maximum absolute atomic E-state index is 13.6. The van der Waals surface area contributed by atoms with E-state index in [9.17, 15) is 27.5 Å². The first-order valence-corrected chi connectivity index (χ1v) is 15.4. The van der Waals surface area contributed by atoms with Crippen LogP contribution in [0.2, 0.25) is 0 Å². The summed E-state index contributed by atoms with van der Waals surface area (Å²) in [6.45, 7) is 3.73. The van der Waals surface area contributed by atoms with E-state index in [-0.39, 0.29) is 12.0 Å². The Labute approximate surface area is 247 Å². The molecule has 0 bridgehead atoms. The van der Waals surface area contributed by atoms with Gasteiger partial charge in [0, 0.05) is 28.0 Å². The van der Waals surface area contributed by atoms with Crippen molar-refractivity contribution in [2.45, 2.75) is 36.3 Å². The van der Waals surface area contributed by atoms with Crippen LogP contribution >= 0.6 is 0 Å². The van der Waals surface area contributed by atoms with Gasteiger partial charge in [0.2, 0.25) is 10.0 Å². The predicted molar refractivity (Wildman–Crippen MR) is 160 cm³/mol. The summed E-state index contributed by atoms with van der Waals surface area (Å²) in [7, 11) is -2.18. The SMILES string of the molecule is C=CC1CC1(NC(=O)c1cccc(-c2ccc3oc(-c4ccc(F)cc4)c(C(O)NC)c3c2)c1)C(=O)NS(=O)(=O)C1CC1. The van der Waals surface area contributed by atoms with Crippen LogP contribution in [-0.4, -0.2) is 43.2 Å². The normalized spacial score (nSPS) is 20.4. The second kappa shape index (κ2) is 10.7. The van der Waals surface area contributed by atoms with E-state index in [2.05, 4.69) is 21.9 Å². The fraction of sp³-hybridized carbons (Fsp3) is 0.250. The van der Waals surface area contributed by atoms with Crippen LogP contribution in [0, 0.1) is 11.7 Å². The number of hydrogen-bond acceptors (Lipinski definition) is 7. The minimum atomic E-state index is -3.78. The van der Waals surface area contributed by atoms with Crippen LogP contribution in [0.15, 0.2) is 83.8 Å². The van der Waals surface area contributed by atoms with Gasteiger partial charge in [-0.25, -0.2) is 12.8 Å². The number of sulfonamides is 1. The van der Waals surface area contributed by atoms with Crippen LogP contribution in [-0.2, 0) is 14.8 Å². The fourth-order valence-electron chi connectivity index (χ4n) is 5.36. The fourth-order valence-corrected chi connectivity index (χ4v) is 6.72. The van der Waals surface area contributed by atoms with Crippen LogP contribution in [0.1, 0.15) is 41.4 Å². The lowest BCUT2D eigenvalue weighted by molar-refractivity contribution is -0.122. The van der Waals surface area contributed by atoms with Crippen molar-refractivity contribution in [1.29, 1.82) is 0 Å². The highest BCUT2D eigenvalue weighted by molar-refractivity contribution is 7.91. The van der Waals surface area contributed by atoms with Crippen LogP contribution in [0.4, 0.5) is 4.39 Å². The van der Waals surface area contributed by atoms with Crippen molar-refractivity contribution in [3.63, 3.8) is 0 Å². The van der Waals surface area contributed by atoms with Crippen LogP contribution in [0.25, 0.3) is 33.4 Å². The zero-order valence-corrected chi connectivity index (χ0v) is 24.1. The molecular weight excluding hydrogens is 573 g/mol. The van der Waals surface area contributed by atoms with E-state index in [0.29, 0.717) is 46.3 Å². The quantitative estimate of drug-likeness (QED) is 0.156. The summed E-state index contributed by atoms with van der Waals surface area (Å²) in [5.74, 6) is -1.68. The summed E-state index contributed by atoms with van der Waals surface area (Å²) in [5.41, 5.74) is 1.91. The molecule has 9 nitrogen and oxygen atoms in total. The Balaban J connectivity index is 1.30. The zero-order valence-electron chi connectivity index (χ0n) is 23.3. The number of furan rings is 1. The number of carbonyl (C=O) groups excluding carboxylic acids is 2. The van der Waals surface area contributed by atoms with Crippen LogP contribution in [0.3, 0.4) is 0 Å². The number of aliphatic hydroxyl groups is 1. The molecule has 2 amide bonds. The largest absolute Gasteiger partial charge is 0.456 e. The molecule has 4 aromatic rings. The molecule has 3 aromatic carbocycles. The van der Waals surface area contributed by atoms with E-state index in [1.54, 1.807) is 43.4 Å². The van der Waals surface area contributed by atoms with Crippen molar-refractivity contribution in [3.8, 4) is 22.5 Å². The number of nitrogens with one attached hydrogen (secondary N) is 3. The number of benzene rings is 3. The molecule has 43 heavy (non-hydrogen) atoms. The summed E-state index contributed by atoms with van der Waals surface area (Å²) >= 11 is 0. The van der Waals surface area contributed by atoms with Crippen LogP contribution in [0.5, 0.6) is 0 Å².